The molecule has 6 N–H and O–H groups in total. The number of rotatable bonds is 8. The highest BCUT2D eigenvalue weighted by atomic mass is 32.2. The summed E-state index contributed by atoms with van der Waals surface area (Å²) in [5, 5.41) is 32.2. The topological polar surface area (TPSA) is 136 Å². The standard InChI is InChI=1S/C17H27N3O5S/c1-8(22)14-12-5-13(15(17(24)25)20(12)16(14)23)26-10-4-11(19-7-10)9(6-18)2-3-21/h8-12,14,19,21-22H,2-7,18H2,1H3,(H,24,25)/t8-,9?,10+,11+,12-,14-/m1/s1. The maximum Gasteiger partial charge on any atom is 0.353 e. The molecule has 6 atom stereocenters. The van der Waals surface area contributed by atoms with Gasteiger partial charge in [0.15, 0.2) is 0 Å². The first-order valence-corrected chi connectivity index (χ1v) is 9.95. The summed E-state index contributed by atoms with van der Waals surface area (Å²) < 4.78 is 0. The Morgan fingerprint density at radius 1 is 1.50 bits per heavy atom. The number of aliphatic hydroxyl groups is 2. The molecule has 9 heteroatoms. The number of carboxylic acids is 1. The van der Waals surface area contributed by atoms with Crippen LogP contribution in [0.5, 0.6) is 0 Å². The Bertz CT molecular complexity index is 611. The number of hydrogen-bond acceptors (Lipinski definition) is 7. The lowest BCUT2D eigenvalue weighted by molar-refractivity contribution is -0.161. The fraction of sp³-hybridized carbons (Fsp3) is 0.765. The van der Waals surface area contributed by atoms with Crippen LogP contribution in [0.1, 0.15) is 26.2 Å². The van der Waals surface area contributed by atoms with Crippen LogP contribution in [0.15, 0.2) is 10.6 Å². The van der Waals surface area contributed by atoms with E-state index in [-0.39, 0.29) is 41.5 Å². The van der Waals surface area contributed by atoms with Gasteiger partial charge in [0.05, 0.1) is 18.1 Å². The second kappa shape index (κ2) is 7.85. The first-order chi connectivity index (χ1) is 12.4. The highest BCUT2D eigenvalue weighted by Crippen LogP contribution is 2.48. The Labute approximate surface area is 156 Å². The van der Waals surface area contributed by atoms with Crippen LogP contribution in [0.3, 0.4) is 0 Å². The minimum Gasteiger partial charge on any atom is -0.477 e. The summed E-state index contributed by atoms with van der Waals surface area (Å²) in [6.07, 6.45) is 1.21. The molecule has 8 nitrogen and oxygen atoms in total. The van der Waals surface area contributed by atoms with Crippen molar-refractivity contribution in [2.45, 2.75) is 49.6 Å². The predicted octanol–water partition coefficient (Wildman–Crippen LogP) is -0.685. The van der Waals surface area contributed by atoms with E-state index in [1.54, 1.807) is 6.92 Å². The molecule has 0 aromatic carbocycles. The van der Waals surface area contributed by atoms with E-state index < -0.39 is 18.0 Å². The van der Waals surface area contributed by atoms with Crippen LogP contribution in [0.2, 0.25) is 0 Å². The molecule has 2 fully saturated rings. The van der Waals surface area contributed by atoms with Crippen molar-refractivity contribution in [1.82, 2.24) is 10.2 Å². The minimum absolute atomic E-state index is 0.0797. The lowest BCUT2D eigenvalue weighted by Crippen LogP contribution is -2.61. The number of fused-ring (bicyclic) bond motifs is 1. The Hall–Kier alpha value is -1.13. The van der Waals surface area contributed by atoms with Crippen LogP contribution in [-0.4, -0.2) is 75.2 Å². The van der Waals surface area contributed by atoms with Gasteiger partial charge >= 0.3 is 5.97 Å². The third-order valence-corrected chi connectivity index (χ3v) is 7.03. The largest absolute Gasteiger partial charge is 0.477 e. The number of nitrogens with one attached hydrogen (secondary N) is 1. The maximum atomic E-state index is 12.2. The highest BCUT2D eigenvalue weighted by Gasteiger charge is 2.57. The zero-order chi connectivity index (χ0) is 19.0. The van der Waals surface area contributed by atoms with Gasteiger partial charge in [0.25, 0.3) is 0 Å². The first-order valence-electron chi connectivity index (χ1n) is 9.07. The summed E-state index contributed by atoms with van der Waals surface area (Å²) >= 11 is 1.52. The van der Waals surface area contributed by atoms with Gasteiger partial charge in [-0.1, -0.05) is 0 Å². The zero-order valence-electron chi connectivity index (χ0n) is 14.8. The van der Waals surface area contributed by atoms with Gasteiger partial charge in [0, 0.05) is 35.8 Å². The molecule has 0 radical (unpaired) electrons. The number of thioether (sulfide) groups is 1. The van der Waals surface area contributed by atoms with E-state index >= 15 is 0 Å². The molecule has 146 valence electrons. The van der Waals surface area contributed by atoms with E-state index in [0.29, 0.717) is 19.4 Å². The molecule has 1 unspecified atom stereocenters. The number of aliphatic hydroxyl groups excluding tert-OH is 2. The number of nitrogens with zero attached hydrogens (tertiary/aromatic N) is 1. The van der Waals surface area contributed by atoms with E-state index in [0.717, 1.165) is 17.9 Å². The molecule has 3 aliphatic heterocycles. The molecule has 0 aromatic rings. The van der Waals surface area contributed by atoms with E-state index in [9.17, 15) is 19.8 Å². The van der Waals surface area contributed by atoms with Crippen molar-refractivity contribution in [3.05, 3.63) is 10.6 Å². The molecule has 26 heavy (non-hydrogen) atoms. The van der Waals surface area contributed by atoms with Crippen molar-refractivity contribution in [1.29, 1.82) is 0 Å². The Kier molecular flexibility index (Phi) is 5.93. The summed E-state index contributed by atoms with van der Waals surface area (Å²) in [5.41, 5.74) is 5.88. The van der Waals surface area contributed by atoms with Gasteiger partial charge in [-0.25, -0.2) is 4.79 Å². The second-order valence-corrected chi connectivity index (χ2v) is 8.72. The number of β-lactam (4-membered cyclic amide) rings is 1. The van der Waals surface area contributed by atoms with Gasteiger partial charge in [-0.2, -0.15) is 0 Å². The molecule has 1 amide bonds. The predicted molar refractivity (Wildman–Crippen MR) is 97.1 cm³/mol. The number of amides is 1. The summed E-state index contributed by atoms with van der Waals surface area (Å²) in [7, 11) is 0. The number of carbonyl (C=O) groups is 2. The van der Waals surface area contributed by atoms with Crippen molar-refractivity contribution in [3.8, 4) is 0 Å². The SMILES string of the molecule is C[C@@H](O)[C@H]1C(=O)N2C(C(=O)O)=C(S[C@@H]3CN[C@H](C(CN)CCO)C3)C[C@H]12. The number of nitrogens with two attached hydrogens (primary N) is 1. The van der Waals surface area contributed by atoms with Crippen molar-refractivity contribution in [3.63, 3.8) is 0 Å². The minimum atomic E-state index is -1.09. The molecule has 3 rings (SSSR count). The molecule has 2 saturated heterocycles. The van der Waals surface area contributed by atoms with Crippen LogP contribution < -0.4 is 11.1 Å². The van der Waals surface area contributed by atoms with Crippen LogP contribution >= 0.6 is 11.8 Å². The van der Waals surface area contributed by atoms with Gasteiger partial charge in [-0.05, 0) is 32.2 Å². The fourth-order valence-electron chi connectivity index (χ4n) is 4.37. The molecule has 0 spiro atoms. The van der Waals surface area contributed by atoms with Gasteiger partial charge in [0.2, 0.25) is 5.91 Å². The van der Waals surface area contributed by atoms with Crippen molar-refractivity contribution in [2.24, 2.45) is 17.6 Å². The molecule has 0 aliphatic carbocycles. The summed E-state index contributed by atoms with van der Waals surface area (Å²) in [4.78, 5) is 26.0. The quantitative estimate of drug-likeness (QED) is 0.347. The Balaban J connectivity index is 1.68. The number of carbonyl (C=O) groups excluding carboxylic acids is 1. The highest BCUT2D eigenvalue weighted by molar-refractivity contribution is 8.03. The van der Waals surface area contributed by atoms with Crippen molar-refractivity contribution >= 4 is 23.6 Å². The van der Waals surface area contributed by atoms with Gasteiger partial charge < -0.3 is 31.3 Å². The van der Waals surface area contributed by atoms with Crippen LogP contribution in [-0.2, 0) is 9.59 Å². The molecule has 3 aliphatic rings. The molecule has 3 heterocycles. The molecule has 0 saturated carbocycles. The van der Waals surface area contributed by atoms with Crippen molar-refractivity contribution in [2.75, 3.05) is 19.7 Å². The van der Waals surface area contributed by atoms with Crippen LogP contribution in [0, 0.1) is 11.8 Å². The lowest BCUT2D eigenvalue weighted by Gasteiger charge is -2.44. The van der Waals surface area contributed by atoms with Crippen LogP contribution in [0.25, 0.3) is 0 Å². The monoisotopic (exact) mass is 385 g/mol. The number of hydrogen-bond donors (Lipinski definition) is 5. The van der Waals surface area contributed by atoms with Gasteiger partial charge in [-0.15, -0.1) is 11.8 Å². The Morgan fingerprint density at radius 3 is 2.81 bits per heavy atom. The summed E-state index contributed by atoms with van der Waals surface area (Å²) in [6.45, 7) is 2.92. The average Bonchev–Trinajstić information content (AvgIpc) is 3.15. The third-order valence-electron chi connectivity index (χ3n) is 5.70. The number of carboxylic acid groups (broad SMARTS) is 1. The fourth-order valence-corrected chi connectivity index (χ4v) is 5.82. The third kappa shape index (κ3) is 3.38. The molecule has 0 bridgehead atoms. The normalized spacial score (nSPS) is 33.2. The smallest absolute Gasteiger partial charge is 0.353 e. The van der Waals surface area contributed by atoms with E-state index in [4.69, 9.17) is 10.8 Å². The molecular formula is C17H27N3O5S. The first kappa shape index (κ1) is 19.6. The van der Waals surface area contributed by atoms with E-state index in [2.05, 4.69) is 5.32 Å². The summed E-state index contributed by atoms with van der Waals surface area (Å²) in [5.74, 6) is -1.70. The molecular weight excluding hydrogens is 358 g/mol. The average molecular weight is 385 g/mol. The lowest BCUT2D eigenvalue weighted by atomic mass is 9.83. The van der Waals surface area contributed by atoms with E-state index in [1.807, 2.05) is 0 Å². The Morgan fingerprint density at radius 2 is 2.23 bits per heavy atom. The van der Waals surface area contributed by atoms with Crippen LogP contribution in [0.4, 0.5) is 0 Å². The second-order valence-electron chi connectivity index (χ2n) is 7.32. The summed E-state index contributed by atoms with van der Waals surface area (Å²) in [6, 6.07) is -0.0313. The molecule has 0 aromatic heterocycles. The zero-order valence-corrected chi connectivity index (χ0v) is 15.6. The van der Waals surface area contributed by atoms with Gasteiger partial charge in [-0.3, -0.25) is 4.79 Å². The van der Waals surface area contributed by atoms with Crippen molar-refractivity contribution < 1.29 is 24.9 Å². The number of aliphatic carboxylic acids is 1. The van der Waals surface area contributed by atoms with E-state index in [1.165, 1.54) is 16.7 Å². The maximum absolute atomic E-state index is 12.2. The van der Waals surface area contributed by atoms with Gasteiger partial charge in [0.1, 0.15) is 5.70 Å².